The minimum atomic E-state index is -4.71. The number of alkyl halides is 3. The third-order valence-corrected chi connectivity index (χ3v) is 4.63. The summed E-state index contributed by atoms with van der Waals surface area (Å²) in [6.07, 6.45) is -2.18. The van der Waals surface area contributed by atoms with Crippen molar-refractivity contribution in [1.82, 2.24) is 15.2 Å². The average molecular weight is 391 g/mol. The molecule has 5 nitrogen and oxygen atoms in total. The molecule has 1 fully saturated rings. The fourth-order valence-corrected chi connectivity index (χ4v) is 3.28. The van der Waals surface area contributed by atoms with Crippen molar-refractivity contribution < 1.29 is 22.8 Å². The lowest BCUT2D eigenvalue weighted by molar-refractivity contribution is -0.141. The summed E-state index contributed by atoms with van der Waals surface area (Å²) in [4.78, 5) is 29.9. The molecular formula is C20H20F3N3O2. The number of piperidine rings is 1. The van der Waals surface area contributed by atoms with Crippen LogP contribution in [0.15, 0.2) is 48.7 Å². The molecule has 1 saturated heterocycles. The molecule has 8 heteroatoms. The largest absolute Gasteiger partial charge is 0.434 e. The highest BCUT2D eigenvalue weighted by Gasteiger charge is 2.37. The number of benzene rings is 1. The zero-order valence-electron chi connectivity index (χ0n) is 15.1. The van der Waals surface area contributed by atoms with E-state index in [1.807, 2.05) is 30.3 Å². The van der Waals surface area contributed by atoms with E-state index in [9.17, 15) is 22.8 Å². The van der Waals surface area contributed by atoms with Gasteiger partial charge in [-0.3, -0.25) is 14.6 Å². The molecule has 1 unspecified atom stereocenters. The van der Waals surface area contributed by atoms with Gasteiger partial charge in [0.25, 0.3) is 5.91 Å². The van der Waals surface area contributed by atoms with Gasteiger partial charge in [0.1, 0.15) is 0 Å². The van der Waals surface area contributed by atoms with Crippen LogP contribution in [-0.2, 0) is 17.4 Å². The Morgan fingerprint density at radius 1 is 1.14 bits per heavy atom. The maximum atomic E-state index is 13.1. The summed E-state index contributed by atoms with van der Waals surface area (Å²) in [6, 6.07) is 11.3. The van der Waals surface area contributed by atoms with Gasteiger partial charge in [-0.05, 0) is 30.5 Å². The summed E-state index contributed by atoms with van der Waals surface area (Å²) in [5.41, 5.74) is -0.827. The lowest BCUT2D eigenvalue weighted by Crippen LogP contribution is -2.50. The summed E-state index contributed by atoms with van der Waals surface area (Å²) in [6.45, 7) is 0.845. The number of halogens is 3. The number of rotatable bonds is 4. The predicted octanol–water partition coefficient (Wildman–Crippen LogP) is 3.06. The number of aromatic nitrogens is 1. The van der Waals surface area contributed by atoms with Crippen LogP contribution in [0.5, 0.6) is 0 Å². The number of hydrogen-bond acceptors (Lipinski definition) is 3. The Bertz CT molecular complexity index is 840. The molecule has 1 atom stereocenters. The van der Waals surface area contributed by atoms with Crippen molar-refractivity contribution in [2.75, 3.05) is 13.1 Å². The molecule has 1 aromatic heterocycles. The van der Waals surface area contributed by atoms with Crippen LogP contribution in [0.1, 0.15) is 34.5 Å². The molecule has 1 aliphatic heterocycles. The summed E-state index contributed by atoms with van der Waals surface area (Å²) in [7, 11) is 0. The third kappa shape index (κ3) is 4.88. The summed E-state index contributed by atoms with van der Waals surface area (Å²) >= 11 is 0. The monoisotopic (exact) mass is 391 g/mol. The highest BCUT2D eigenvalue weighted by molar-refractivity contribution is 5.95. The molecule has 2 heterocycles. The van der Waals surface area contributed by atoms with E-state index >= 15 is 0 Å². The topological polar surface area (TPSA) is 62.3 Å². The van der Waals surface area contributed by atoms with Crippen LogP contribution >= 0.6 is 0 Å². The van der Waals surface area contributed by atoms with Gasteiger partial charge in [-0.15, -0.1) is 0 Å². The van der Waals surface area contributed by atoms with Gasteiger partial charge in [-0.2, -0.15) is 13.2 Å². The zero-order chi connectivity index (χ0) is 20.1. The van der Waals surface area contributed by atoms with Crippen LogP contribution in [0.3, 0.4) is 0 Å². The van der Waals surface area contributed by atoms with Gasteiger partial charge in [-0.25, -0.2) is 0 Å². The number of pyridine rings is 1. The van der Waals surface area contributed by atoms with Gasteiger partial charge in [0, 0.05) is 25.3 Å². The number of amides is 2. The van der Waals surface area contributed by atoms with E-state index < -0.39 is 29.4 Å². The maximum Gasteiger partial charge on any atom is 0.434 e. The van der Waals surface area contributed by atoms with Gasteiger partial charge >= 0.3 is 6.18 Å². The summed E-state index contributed by atoms with van der Waals surface area (Å²) in [5, 5.41) is 2.62. The molecule has 3 rings (SSSR count). The minimum Gasteiger partial charge on any atom is -0.347 e. The van der Waals surface area contributed by atoms with Crippen LogP contribution in [0.4, 0.5) is 13.2 Å². The van der Waals surface area contributed by atoms with Crippen LogP contribution in [0, 0.1) is 0 Å². The van der Waals surface area contributed by atoms with Crippen molar-refractivity contribution in [2.24, 2.45) is 0 Å². The van der Waals surface area contributed by atoms with E-state index in [0.29, 0.717) is 19.4 Å². The van der Waals surface area contributed by atoms with Crippen LogP contribution < -0.4 is 5.32 Å². The third-order valence-electron chi connectivity index (χ3n) is 4.63. The second-order valence-corrected chi connectivity index (χ2v) is 6.71. The Kier molecular flexibility index (Phi) is 5.96. The van der Waals surface area contributed by atoms with Crippen molar-refractivity contribution in [1.29, 1.82) is 0 Å². The normalized spacial score (nSPS) is 17.2. The van der Waals surface area contributed by atoms with Gasteiger partial charge in [0.05, 0.1) is 12.0 Å². The number of nitrogens with one attached hydrogen (secondary N) is 1. The molecule has 0 saturated carbocycles. The van der Waals surface area contributed by atoms with E-state index in [-0.39, 0.29) is 18.9 Å². The van der Waals surface area contributed by atoms with Gasteiger partial charge in [0.2, 0.25) is 5.91 Å². The quantitative estimate of drug-likeness (QED) is 0.871. The molecule has 2 aromatic rings. The Morgan fingerprint density at radius 3 is 2.61 bits per heavy atom. The minimum absolute atomic E-state index is 0.0671. The van der Waals surface area contributed by atoms with Crippen LogP contribution in [0.25, 0.3) is 0 Å². The first-order chi connectivity index (χ1) is 13.3. The molecule has 0 spiro atoms. The highest BCUT2D eigenvalue weighted by atomic mass is 19.4. The van der Waals surface area contributed by atoms with E-state index in [1.165, 1.54) is 6.07 Å². The van der Waals surface area contributed by atoms with Crippen molar-refractivity contribution in [3.63, 3.8) is 0 Å². The molecule has 1 aromatic carbocycles. The van der Waals surface area contributed by atoms with Crippen LogP contribution in [-0.4, -0.2) is 40.8 Å². The zero-order valence-corrected chi connectivity index (χ0v) is 15.1. The molecule has 28 heavy (non-hydrogen) atoms. The molecule has 0 radical (unpaired) electrons. The smallest absolute Gasteiger partial charge is 0.347 e. The summed E-state index contributed by atoms with van der Waals surface area (Å²) < 4.78 is 39.2. The van der Waals surface area contributed by atoms with Gasteiger partial charge in [-0.1, -0.05) is 30.3 Å². The first-order valence-electron chi connectivity index (χ1n) is 8.99. The van der Waals surface area contributed by atoms with E-state index in [4.69, 9.17) is 0 Å². The fourth-order valence-electron chi connectivity index (χ4n) is 3.28. The van der Waals surface area contributed by atoms with Crippen molar-refractivity contribution in [2.45, 2.75) is 31.5 Å². The lowest BCUT2D eigenvalue weighted by atomic mass is 10.0. The highest BCUT2D eigenvalue weighted by Crippen LogP contribution is 2.30. The maximum absolute atomic E-state index is 13.1. The summed E-state index contributed by atoms with van der Waals surface area (Å²) in [5.74, 6) is -0.898. The number of carbonyl (C=O) groups excluding carboxylic acids is 2. The molecule has 0 bridgehead atoms. The second kappa shape index (κ2) is 8.41. The van der Waals surface area contributed by atoms with Gasteiger partial charge < -0.3 is 10.2 Å². The van der Waals surface area contributed by atoms with E-state index in [1.54, 1.807) is 4.90 Å². The van der Waals surface area contributed by atoms with Crippen molar-refractivity contribution >= 4 is 11.8 Å². The first-order valence-corrected chi connectivity index (χ1v) is 8.99. The Labute approximate surface area is 160 Å². The molecule has 2 amide bonds. The molecular weight excluding hydrogens is 371 g/mol. The number of nitrogens with zero attached hydrogens (tertiary/aromatic N) is 2. The Morgan fingerprint density at radius 2 is 1.89 bits per heavy atom. The molecule has 1 aliphatic rings. The first kappa shape index (κ1) is 19.9. The fraction of sp³-hybridized carbons (Fsp3) is 0.350. The Balaban J connectivity index is 1.64. The molecule has 0 aliphatic carbocycles. The standard InChI is InChI=1S/C20H20F3N3O2/c21-20(22,23)18-16(9-4-10-24-18)19(28)25-15-8-5-11-26(13-15)17(27)12-14-6-2-1-3-7-14/h1-4,6-7,9-10,15H,5,8,11-13H2,(H,25,28). The second-order valence-electron chi connectivity index (χ2n) is 6.71. The number of likely N-dealkylation sites (tertiary alicyclic amines) is 1. The van der Waals surface area contributed by atoms with Crippen LogP contribution in [0.2, 0.25) is 0 Å². The van der Waals surface area contributed by atoms with Crippen molar-refractivity contribution in [3.05, 3.63) is 65.5 Å². The SMILES string of the molecule is O=C(NC1CCCN(C(=O)Cc2ccccc2)C1)c1cccnc1C(F)(F)F. The predicted molar refractivity (Wildman–Crippen MR) is 96.5 cm³/mol. The molecule has 148 valence electrons. The van der Waals surface area contributed by atoms with E-state index in [2.05, 4.69) is 10.3 Å². The van der Waals surface area contributed by atoms with Crippen molar-refractivity contribution in [3.8, 4) is 0 Å². The molecule has 1 N–H and O–H groups in total. The number of hydrogen-bond donors (Lipinski definition) is 1. The van der Waals surface area contributed by atoms with Gasteiger partial charge in [0.15, 0.2) is 5.69 Å². The Hall–Kier alpha value is -2.90. The average Bonchev–Trinajstić information content (AvgIpc) is 2.68. The van der Waals surface area contributed by atoms with E-state index in [0.717, 1.165) is 17.8 Å². The number of carbonyl (C=O) groups is 2. The lowest BCUT2D eigenvalue weighted by Gasteiger charge is -2.33.